The molecule has 0 rings (SSSR count). The van der Waals surface area contributed by atoms with Crippen LogP contribution in [0.4, 0.5) is 0 Å². The van der Waals surface area contributed by atoms with Crippen molar-refractivity contribution >= 4 is 40.6 Å². The van der Waals surface area contributed by atoms with Gasteiger partial charge in [0.15, 0.2) is 0 Å². The van der Waals surface area contributed by atoms with Crippen molar-refractivity contribution in [1.29, 1.82) is 0 Å². The van der Waals surface area contributed by atoms with E-state index in [1.54, 1.807) is 13.8 Å². The SMILES string of the molecule is CC(Cl)CC(=O)C(=O)C(=O)CC(C)Cl. The summed E-state index contributed by atoms with van der Waals surface area (Å²) in [6.07, 6.45) is -0.217. The summed E-state index contributed by atoms with van der Waals surface area (Å²) >= 11 is 11.0. The smallest absolute Gasteiger partial charge is 0.264 e. The summed E-state index contributed by atoms with van der Waals surface area (Å²) in [5, 5.41) is -0.875. The van der Waals surface area contributed by atoms with Crippen molar-refractivity contribution < 1.29 is 14.4 Å². The van der Waals surface area contributed by atoms with Gasteiger partial charge in [-0.15, -0.1) is 23.2 Å². The molecule has 0 bridgehead atoms. The Balaban J connectivity index is 4.19. The van der Waals surface area contributed by atoms with Crippen LogP contribution in [0.15, 0.2) is 0 Å². The number of Topliss-reactive ketones (excluding diaryl/α,β-unsaturated/α-hetero) is 3. The number of carbonyl (C=O) groups excluding carboxylic acids is 3. The molecule has 0 amide bonds. The standard InChI is InChI=1S/C9H12Cl2O3/c1-5(10)3-7(12)9(14)8(13)4-6(2)11/h5-6H,3-4H2,1-2H3. The zero-order chi connectivity index (χ0) is 11.3. The lowest BCUT2D eigenvalue weighted by atomic mass is 10.1. The van der Waals surface area contributed by atoms with Crippen molar-refractivity contribution in [3.05, 3.63) is 0 Å². The van der Waals surface area contributed by atoms with Gasteiger partial charge in [0.05, 0.1) is 0 Å². The maximum Gasteiger partial charge on any atom is 0.264 e. The quantitative estimate of drug-likeness (QED) is 0.403. The van der Waals surface area contributed by atoms with E-state index in [0.29, 0.717) is 0 Å². The van der Waals surface area contributed by atoms with Gasteiger partial charge in [0.2, 0.25) is 11.6 Å². The zero-order valence-electron chi connectivity index (χ0n) is 8.05. The average molecular weight is 239 g/mol. The number of halogens is 2. The van der Waals surface area contributed by atoms with Gasteiger partial charge in [-0.2, -0.15) is 0 Å². The van der Waals surface area contributed by atoms with Crippen molar-refractivity contribution in [2.45, 2.75) is 37.4 Å². The molecule has 0 saturated heterocycles. The van der Waals surface area contributed by atoms with Gasteiger partial charge in [-0.05, 0) is 13.8 Å². The van der Waals surface area contributed by atoms with Crippen molar-refractivity contribution in [2.75, 3.05) is 0 Å². The van der Waals surface area contributed by atoms with Crippen LogP contribution in [0.25, 0.3) is 0 Å². The molecular weight excluding hydrogens is 227 g/mol. The molecule has 3 nitrogen and oxygen atoms in total. The number of rotatable bonds is 6. The zero-order valence-corrected chi connectivity index (χ0v) is 9.56. The lowest BCUT2D eigenvalue weighted by Gasteiger charge is -2.02. The first-order valence-corrected chi connectivity index (χ1v) is 5.10. The Morgan fingerprint density at radius 1 is 0.929 bits per heavy atom. The second-order valence-electron chi connectivity index (χ2n) is 3.15. The molecule has 0 spiro atoms. The molecule has 80 valence electrons. The molecule has 14 heavy (non-hydrogen) atoms. The first-order chi connectivity index (χ1) is 6.34. The topological polar surface area (TPSA) is 51.2 Å². The molecule has 0 saturated carbocycles. The van der Waals surface area contributed by atoms with Gasteiger partial charge in [-0.3, -0.25) is 14.4 Å². The first kappa shape index (κ1) is 13.6. The molecule has 5 heteroatoms. The largest absolute Gasteiger partial charge is 0.290 e. The Hall–Kier alpha value is -0.410. The summed E-state index contributed by atoms with van der Waals surface area (Å²) < 4.78 is 0. The molecule has 0 N–H and O–H groups in total. The highest BCUT2D eigenvalue weighted by molar-refractivity contribution is 6.64. The van der Waals surface area contributed by atoms with Crippen LogP contribution in [0.5, 0.6) is 0 Å². The summed E-state index contributed by atoms with van der Waals surface area (Å²) in [6, 6.07) is 0. The summed E-state index contributed by atoms with van der Waals surface area (Å²) in [7, 11) is 0. The number of alkyl halides is 2. The summed E-state index contributed by atoms with van der Waals surface area (Å²) in [5.74, 6) is -2.48. The highest BCUT2D eigenvalue weighted by Crippen LogP contribution is 2.05. The second-order valence-corrected chi connectivity index (χ2v) is 4.64. The Labute approximate surface area is 92.7 Å². The van der Waals surface area contributed by atoms with Crippen molar-refractivity contribution in [2.24, 2.45) is 0 Å². The number of hydrogen-bond donors (Lipinski definition) is 0. The maximum absolute atomic E-state index is 11.1. The van der Waals surface area contributed by atoms with Crippen molar-refractivity contribution in [3.8, 4) is 0 Å². The summed E-state index contributed by atoms with van der Waals surface area (Å²) in [5.41, 5.74) is 0. The van der Waals surface area contributed by atoms with E-state index in [-0.39, 0.29) is 12.8 Å². The molecular formula is C9H12Cl2O3. The lowest BCUT2D eigenvalue weighted by molar-refractivity contribution is -0.144. The van der Waals surface area contributed by atoms with Crippen molar-refractivity contribution in [1.82, 2.24) is 0 Å². The van der Waals surface area contributed by atoms with E-state index < -0.39 is 28.1 Å². The van der Waals surface area contributed by atoms with Crippen LogP contribution in [0.1, 0.15) is 26.7 Å². The predicted molar refractivity (Wildman–Crippen MR) is 54.9 cm³/mol. The lowest BCUT2D eigenvalue weighted by Crippen LogP contribution is -2.26. The highest BCUT2D eigenvalue weighted by atomic mass is 35.5. The van der Waals surface area contributed by atoms with E-state index in [1.807, 2.05) is 0 Å². The van der Waals surface area contributed by atoms with E-state index >= 15 is 0 Å². The third-order valence-electron chi connectivity index (χ3n) is 1.44. The maximum atomic E-state index is 11.1. The molecule has 0 aromatic rings. The fourth-order valence-corrected chi connectivity index (χ4v) is 1.13. The van der Waals surface area contributed by atoms with Crippen LogP contribution in [0, 0.1) is 0 Å². The normalized spacial score (nSPS) is 14.6. The third-order valence-corrected chi connectivity index (χ3v) is 1.75. The van der Waals surface area contributed by atoms with Gasteiger partial charge in [0.25, 0.3) is 5.78 Å². The third kappa shape index (κ3) is 5.35. The van der Waals surface area contributed by atoms with Crippen LogP contribution in [-0.2, 0) is 14.4 Å². The van der Waals surface area contributed by atoms with Crippen LogP contribution in [0.2, 0.25) is 0 Å². The van der Waals surface area contributed by atoms with Crippen LogP contribution in [0.3, 0.4) is 0 Å². The molecule has 0 aliphatic heterocycles. The fraction of sp³-hybridized carbons (Fsp3) is 0.667. The van der Waals surface area contributed by atoms with Gasteiger partial charge in [0, 0.05) is 23.6 Å². The van der Waals surface area contributed by atoms with E-state index in [0.717, 1.165) is 0 Å². The minimum Gasteiger partial charge on any atom is -0.290 e. The van der Waals surface area contributed by atoms with Gasteiger partial charge in [-0.25, -0.2) is 0 Å². The Bertz CT molecular complexity index is 222. The molecule has 0 aliphatic carbocycles. The summed E-state index contributed by atoms with van der Waals surface area (Å²) in [6.45, 7) is 3.17. The van der Waals surface area contributed by atoms with Gasteiger partial charge in [-0.1, -0.05) is 0 Å². The van der Waals surface area contributed by atoms with Crippen LogP contribution >= 0.6 is 23.2 Å². The monoisotopic (exact) mass is 238 g/mol. The molecule has 0 radical (unpaired) electrons. The number of carbonyl (C=O) groups is 3. The predicted octanol–water partition coefficient (Wildman–Crippen LogP) is 1.73. The first-order valence-electron chi connectivity index (χ1n) is 4.23. The molecule has 0 aromatic carbocycles. The van der Waals surface area contributed by atoms with E-state index in [9.17, 15) is 14.4 Å². The Morgan fingerprint density at radius 2 is 1.21 bits per heavy atom. The molecule has 2 atom stereocenters. The minimum absolute atomic E-state index is 0.108. The Kier molecular flexibility index (Phi) is 5.96. The second kappa shape index (κ2) is 6.14. The molecule has 0 aliphatic rings. The molecule has 0 fully saturated rings. The summed E-state index contributed by atoms with van der Waals surface area (Å²) in [4.78, 5) is 33.3. The average Bonchev–Trinajstić information content (AvgIpc) is 2.00. The molecule has 0 heterocycles. The minimum atomic E-state index is -0.995. The van der Waals surface area contributed by atoms with E-state index in [2.05, 4.69) is 0 Å². The van der Waals surface area contributed by atoms with Crippen LogP contribution in [-0.4, -0.2) is 28.1 Å². The van der Waals surface area contributed by atoms with Crippen LogP contribution < -0.4 is 0 Å². The number of hydrogen-bond acceptors (Lipinski definition) is 3. The molecule has 2 unspecified atom stereocenters. The number of ketones is 3. The highest BCUT2D eigenvalue weighted by Gasteiger charge is 2.24. The van der Waals surface area contributed by atoms with E-state index in [1.165, 1.54) is 0 Å². The van der Waals surface area contributed by atoms with Crippen molar-refractivity contribution in [3.63, 3.8) is 0 Å². The Morgan fingerprint density at radius 3 is 1.43 bits per heavy atom. The van der Waals surface area contributed by atoms with Gasteiger partial charge < -0.3 is 0 Å². The van der Waals surface area contributed by atoms with E-state index in [4.69, 9.17) is 23.2 Å². The van der Waals surface area contributed by atoms with Gasteiger partial charge >= 0.3 is 0 Å². The fourth-order valence-electron chi connectivity index (χ4n) is 0.852. The van der Waals surface area contributed by atoms with Gasteiger partial charge in [0.1, 0.15) is 0 Å². The molecule has 0 aromatic heterocycles.